The van der Waals surface area contributed by atoms with Crippen molar-refractivity contribution in [3.05, 3.63) is 95.3 Å². The molecule has 0 spiro atoms. The predicted molar refractivity (Wildman–Crippen MR) is 115 cm³/mol. The molecule has 1 aliphatic rings. The lowest BCUT2D eigenvalue weighted by atomic mass is 10.1. The molecule has 1 aromatic heterocycles. The summed E-state index contributed by atoms with van der Waals surface area (Å²) in [7, 11) is 0. The summed E-state index contributed by atoms with van der Waals surface area (Å²) in [6.45, 7) is 4.40. The number of pyridine rings is 1. The number of carbonyl (C=O) groups is 1. The number of aryl methyl sites for hydroxylation is 1. The molecule has 2 aromatic carbocycles. The zero-order valence-electron chi connectivity index (χ0n) is 17.2. The van der Waals surface area contributed by atoms with Gasteiger partial charge in [0, 0.05) is 37.5 Å². The summed E-state index contributed by atoms with van der Waals surface area (Å²) >= 11 is 0. The van der Waals surface area contributed by atoms with Gasteiger partial charge in [0.25, 0.3) is 5.91 Å². The lowest BCUT2D eigenvalue weighted by molar-refractivity contribution is 0.0729. The van der Waals surface area contributed by atoms with E-state index in [4.69, 9.17) is 9.47 Å². The number of hydrogen-bond acceptors (Lipinski definition) is 4. The topological polar surface area (TPSA) is 51.7 Å². The van der Waals surface area contributed by atoms with Crippen LogP contribution in [0.25, 0.3) is 0 Å². The van der Waals surface area contributed by atoms with Crippen molar-refractivity contribution in [1.29, 1.82) is 0 Å². The van der Waals surface area contributed by atoms with Gasteiger partial charge >= 0.3 is 0 Å². The molecule has 1 atom stereocenters. The van der Waals surface area contributed by atoms with Gasteiger partial charge in [0.05, 0.1) is 13.2 Å². The van der Waals surface area contributed by atoms with Crippen LogP contribution in [-0.2, 0) is 17.8 Å². The number of rotatable bonds is 7. The number of carbonyl (C=O) groups excluding carboxylic acids is 1. The second-order valence-corrected chi connectivity index (χ2v) is 7.63. The molecule has 1 amide bonds. The summed E-state index contributed by atoms with van der Waals surface area (Å²) in [4.78, 5) is 19.2. The van der Waals surface area contributed by atoms with Crippen molar-refractivity contribution in [2.45, 2.75) is 32.5 Å². The maximum absolute atomic E-state index is 13.3. The Morgan fingerprint density at radius 2 is 1.83 bits per heavy atom. The molecule has 0 aliphatic carbocycles. The highest BCUT2D eigenvalue weighted by Crippen LogP contribution is 2.21. The monoisotopic (exact) mass is 402 g/mol. The lowest BCUT2D eigenvalue weighted by Crippen LogP contribution is -2.30. The molecule has 0 N–H and O–H groups in total. The second-order valence-electron chi connectivity index (χ2n) is 7.63. The second kappa shape index (κ2) is 9.55. The number of hydrogen-bond donors (Lipinski definition) is 0. The quantitative estimate of drug-likeness (QED) is 0.588. The highest BCUT2D eigenvalue weighted by Gasteiger charge is 2.19. The van der Waals surface area contributed by atoms with Gasteiger partial charge in [0.2, 0.25) is 0 Å². The van der Waals surface area contributed by atoms with Gasteiger partial charge in [-0.2, -0.15) is 0 Å². The first-order valence-electron chi connectivity index (χ1n) is 10.3. The molecule has 0 saturated carbocycles. The maximum atomic E-state index is 13.3. The van der Waals surface area contributed by atoms with Gasteiger partial charge in [-0.3, -0.25) is 9.78 Å². The molecule has 5 heteroatoms. The van der Waals surface area contributed by atoms with E-state index in [1.165, 1.54) is 0 Å². The van der Waals surface area contributed by atoms with Crippen molar-refractivity contribution >= 4 is 5.91 Å². The molecule has 0 unspecified atom stereocenters. The van der Waals surface area contributed by atoms with Crippen LogP contribution in [0.2, 0.25) is 0 Å². The van der Waals surface area contributed by atoms with E-state index in [9.17, 15) is 4.79 Å². The van der Waals surface area contributed by atoms with Crippen molar-refractivity contribution in [2.75, 3.05) is 13.2 Å². The number of ether oxygens (including phenoxy) is 2. The highest BCUT2D eigenvalue weighted by atomic mass is 16.5. The maximum Gasteiger partial charge on any atom is 0.254 e. The van der Waals surface area contributed by atoms with Gasteiger partial charge < -0.3 is 14.4 Å². The third-order valence-corrected chi connectivity index (χ3v) is 5.17. The van der Waals surface area contributed by atoms with Crippen LogP contribution < -0.4 is 4.74 Å². The fourth-order valence-electron chi connectivity index (χ4n) is 3.52. The van der Waals surface area contributed by atoms with Crippen LogP contribution in [0, 0.1) is 6.92 Å². The molecule has 154 valence electrons. The van der Waals surface area contributed by atoms with Crippen molar-refractivity contribution in [2.24, 2.45) is 0 Å². The minimum Gasteiger partial charge on any atom is -0.488 e. The van der Waals surface area contributed by atoms with Gasteiger partial charge in [-0.15, -0.1) is 0 Å². The Bertz CT molecular complexity index is 967. The van der Waals surface area contributed by atoms with Crippen molar-refractivity contribution in [3.8, 4) is 5.75 Å². The summed E-state index contributed by atoms with van der Waals surface area (Å²) in [6.07, 6.45) is 4.51. The summed E-state index contributed by atoms with van der Waals surface area (Å²) in [6, 6.07) is 19.6. The molecule has 2 heterocycles. The molecule has 3 aromatic rings. The zero-order chi connectivity index (χ0) is 20.8. The first-order valence-corrected chi connectivity index (χ1v) is 10.3. The molecule has 1 saturated heterocycles. The Hall–Kier alpha value is -3.18. The number of benzene rings is 2. The van der Waals surface area contributed by atoms with Crippen molar-refractivity contribution < 1.29 is 14.3 Å². The summed E-state index contributed by atoms with van der Waals surface area (Å²) in [5.41, 5.74) is 3.89. The molecular weight excluding hydrogens is 376 g/mol. The molecule has 0 bridgehead atoms. The van der Waals surface area contributed by atoms with Gasteiger partial charge in [0.1, 0.15) is 11.9 Å². The smallest absolute Gasteiger partial charge is 0.254 e. The van der Waals surface area contributed by atoms with E-state index in [2.05, 4.69) is 4.98 Å². The fraction of sp³-hybridized carbons (Fsp3) is 0.280. The van der Waals surface area contributed by atoms with Crippen molar-refractivity contribution in [3.63, 3.8) is 0 Å². The van der Waals surface area contributed by atoms with Crippen LogP contribution in [0.15, 0.2) is 73.1 Å². The Kier molecular flexibility index (Phi) is 6.40. The average molecular weight is 402 g/mol. The van der Waals surface area contributed by atoms with Gasteiger partial charge in [0.15, 0.2) is 0 Å². The number of amides is 1. The average Bonchev–Trinajstić information content (AvgIpc) is 3.27. The van der Waals surface area contributed by atoms with E-state index in [0.29, 0.717) is 25.3 Å². The van der Waals surface area contributed by atoms with Crippen molar-refractivity contribution in [1.82, 2.24) is 9.88 Å². The van der Waals surface area contributed by atoms with Crippen LogP contribution >= 0.6 is 0 Å². The van der Waals surface area contributed by atoms with E-state index in [1.54, 1.807) is 12.4 Å². The Morgan fingerprint density at radius 3 is 2.57 bits per heavy atom. The Morgan fingerprint density at radius 1 is 1.07 bits per heavy atom. The molecule has 5 nitrogen and oxygen atoms in total. The summed E-state index contributed by atoms with van der Waals surface area (Å²) < 4.78 is 11.4. The third kappa shape index (κ3) is 5.24. The van der Waals surface area contributed by atoms with E-state index >= 15 is 0 Å². The highest BCUT2D eigenvalue weighted by molar-refractivity contribution is 5.94. The van der Waals surface area contributed by atoms with Crippen LogP contribution in [0.5, 0.6) is 5.75 Å². The Balaban J connectivity index is 1.54. The molecule has 0 radical (unpaired) electrons. The fourth-order valence-corrected chi connectivity index (χ4v) is 3.52. The number of aromatic nitrogens is 1. The van der Waals surface area contributed by atoms with E-state index in [-0.39, 0.29) is 12.0 Å². The summed E-state index contributed by atoms with van der Waals surface area (Å²) in [5, 5.41) is 0. The third-order valence-electron chi connectivity index (χ3n) is 5.17. The normalized spacial score (nSPS) is 15.7. The van der Waals surface area contributed by atoms with Crippen LogP contribution in [0.4, 0.5) is 0 Å². The van der Waals surface area contributed by atoms with Gasteiger partial charge in [-0.1, -0.05) is 29.8 Å². The van der Waals surface area contributed by atoms with Crippen LogP contribution in [0.1, 0.15) is 33.5 Å². The molecule has 1 fully saturated rings. The standard InChI is InChI=1S/C25H26N2O3/c1-19-5-7-22(8-6-19)25(28)27(16-20-9-12-26-13-10-20)17-21-3-2-4-23(15-21)30-24-11-14-29-18-24/h2-10,12-13,15,24H,11,14,16-18H2,1H3/t24-/m1/s1. The first kappa shape index (κ1) is 20.1. The predicted octanol–water partition coefficient (Wildman–Crippen LogP) is 4.40. The largest absolute Gasteiger partial charge is 0.488 e. The van der Waals surface area contributed by atoms with Gasteiger partial charge in [-0.25, -0.2) is 0 Å². The molecule has 30 heavy (non-hydrogen) atoms. The first-order chi connectivity index (χ1) is 14.7. The van der Waals surface area contributed by atoms with E-state index < -0.39 is 0 Å². The zero-order valence-corrected chi connectivity index (χ0v) is 17.2. The molecular formula is C25H26N2O3. The van der Waals surface area contributed by atoms with Gasteiger partial charge in [-0.05, 0) is 54.4 Å². The van der Waals surface area contributed by atoms with E-state index in [1.807, 2.05) is 72.5 Å². The SMILES string of the molecule is Cc1ccc(C(=O)N(Cc2ccncc2)Cc2cccc(O[C@@H]3CCOC3)c2)cc1. The summed E-state index contributed by atoms with van der Waals surface area (Å²) in [5.74, 6) is 0.817. The van der Waals surface area contributed by atoms with Crippen LogP contribution in [0.3, 0.4) is 0 Å². The number of nitrogens with zero attached hydrogens (tertiary/aromatic N) is 2. The van der Waals surface area contributed by atoms with Crippen LogP contribution in [-0.4, -0.2) is 35.1 Å². The minimum absolute atomic E-state index is 0.00215. The minimum atomic E-state index is 0.00215. The lowest BCUT2D eigenvalue weighted by Gasteiger charge is -2.24. The Labute approximate surface area is 177 Å². The molecule has 1 aliphatic heterocycles. The molecule has 4 rings (SSSR count). The van der Waals surface area contributed by atoms with E-state index in [0.717, 1.165) is 35.5 Å².